The molecule has 0 saturated carbocycles. The molecule has 0 atom stereocenters. The molecule has 18 heavy (non-hydrogen) atoms. The van der Waals surface area contributed by atoms with Gasteiger partial charge in [0.15, 0.2) is 0 Å². The molecule has 96 valence electrons. The molecule has 0 aliphatic heterocycles. The Labute approximate surface area is 109 Å². The van der Waals surface area contributed by atoms with Gasteiger partial charge in [0.05, 0.1) is 5.69 Å². The predicted octanol–water partition coefficient (Wildman–Crippen LogP) is 2.93. The molecule has 0 aliphatic carbocycles. The molecule has 3 nitrogen and oxygen atoms in total. The standard InChI is InChI=1S/C15H21N3/c1-3-9-16-12-13-7-5-6-8-14(13)18-11-10-17-15(18)4-2/h5-8,10-11,16H,3-4,9,12H2,1-2H3. The molecule has 0 fully saturated rings. The average molecular weight is 243 g/mol. The van der Waals surface area contributed by atoms with Crippen LogP contribution in [0.25, 0.3) is 5.69 Å². The van der Waals surface area contributed by atoms with Crippen molar-refractivity contribution in [3.05, 3.63) is 48.0 Å². The number of nitrogens with zero attached hydrogens (tertiary/aromatic N) is 2. The molecule has 1 aromatic heterocycles. The summed E-state index contributed by atoms with van der Waals surface area (Å²) in [6, 6.07) is 8.51. The van der Waals surface area contributed by atoms with Crippen LogP contribution in [0.4, 0.5) is 0 Å². The zero-order chi connectivity index (χ0) is 12.8. The van der Waals surface area contributed by atoms with Gasteiger partial charge in [-0.2, -0.15) is 0 Å². The lowest BCUT2D eigenvalue weighted by molar-refractivity contribution is 0.672. The first-order valence-electron chi connectivity index (χ1n) is 6.68. The smallest absolute Gasteiger partial charge is 0.112 e. The van der Waals surface area contributed by atoms with Crippen molar-refractivity contribution in [1.29, 1.82) is 0 Å². The minimum atomic E-state index is 0.908. The minimum Gasteiger partial charge on any atom is -0.313 e. The van der Waals surface area contributed by atoms with E-state index in [1.165, 1.54) is 11.3 Å². The zero-order valence-corrected chi connectivity index (χ0v) is 11.2. The second-order valence-electron chi connectivity index (χ2n) is 4.37. The van der Waals surface area contributed by atoms with Crippen LogP contribution in [0.1, 0.15) is 31.7 Å². The van der Waals surface area contributed by atoms with Gasteiger partial charge in [0, 0.05) is 25.4 Å². The van der Waals surface area contributed by atoms with Crippen molar-refractivity contribution >= 4 is 0 Å². The van der Waals surface area contributed by atoms with Gasteiger partial charge in [-0.1, -0.05) is 32.0 Å². The zero-order valence-electron chi connectivity index (χ0n) is 11.2. The number of hydrogen-bond donors (Lipinski definition) is 1. The summed E-state index contributed by atoms with van der Waals surface area (Å²) >= 11 is 0. The van der Waals surface area contributed by atoms with E-state index in [1.54, 1.807) is 0 Å². The maximum atomic E-state index is 4.39. The summed E-state index contributed by atoms with van der Waals surface area (Å²) in [6.07, 6.45) is 6.02. The summed E-state index contributed by atoms with van der Waals surface area (Å²) in [5.41, 5.74) is 2.55. The van der Waals surface area contributed by atoms with Crippen LogP contribution in [0.15, 0.2) is 36.7 Å². The lowest BCUT2D eigenvalue weighted by Crippen LogP contribution is -2.15. The van der Waals surface area contributed by atoms with Gasteiger partial charge in [-0.3, -0.25) is 0 Å². The molecule has 1 N–H and O–H groups in total. The van der Waals surface area contributed by atoms with Crippen molar-refractivity contribution in [1.82, 2.24) is 14.9 Å². The molecule has 0 saturated heterocycles. The maximum absolute atomic E-state index is 4.39. The molecule has 1 heterocycles. The van der Waals surface area contributed by atoms with E-state index in [0.29, 0.717) is 0 Å². The molecule has 0 radical (unpaired) electrons. The van der Waals surface area contributed by atoms with Crippen LogP contribution >= 0.6 is 0 Å². The first kappa shape index (κ1) is 12.8. The average Bonchev–Trinajstić information content (AvgIpc) is 2.88. The fraction of sp³-hybridized carbons (Fsp3) is 0.400. The van der Waals surface area contributed by atoms with Crippen molar-refractivity contribution in [3.63, 3.8) is 0 Å². The van der Waals surface area contributed by atoms with Gasteiger partial charge in [0.2, 0.25) is 0 Å². The summed E-state index contributed by atoms with van der Waals surface area (Å²) in [5.74, 6) is 1.11. The highest BCUT2D eigenvalue weighted by Gasteiger charge is 2.07. The van der Waals surface area contributed by atoms with Gasteiger partial charge >= 0.3 is 0 Å². The third-order valence-corrected chi connectivity index (χ3v) is 3.03. The monoisotopic (exact) mass is 243 g/mol. The predicted molar refractivity (Wildman–Crippen MR) is 74.9 cm³/mol. The first-order chi connectivity index (χ1) is 8.86. The van der Waals surface area contributed by atoms with Crippen molar-refractivity contribution < 1.29 is 0 Å². The Morgan fingerprint density at radius 2 is 2.06 bits per heavy atom. The number of rotatable bonds is 6. The number of benzene rings is 1. The Morgan fingerprint density at radius 1 is 1.22 bits per heavy atom. The Balaban J connectivity index is 2.27. The van der Waals surface area contributed by atoms with Crippen LogP contribution in [0.5, 0.6) is 0 Å². The van der Waals surface area contributed by atoms with Crippen LogP contribution in [-0.4, -0.2) is 16.1 Å². The quantitative estimate of drug-likeness (QED) is 0.791. The highest BCUT2D eigenvalue weighted by Crippen LogP contribution is 2.16. The van der Waals surface area contributed by atoms with E-state index in [9.17, 15) is 0 Å². The number of hydrogen-bond acceptors (Lipinski definition) is 2. The largest absolute Gasteiger partial charge is 0.313 e. The van der Waals surface area contributed by atoms with Crippen LogP contribution in [0.2, 0.25) is 0 Å². The Kier molecular flexibility index (Phi) is 4.53. The molecule has 2 aromatic rings. The van der Waals surface area contributed by atoms with Gasteiger partial charge in [-0.25, -0.2) is 4.98 Å². The lowest BCUT2D eigenvalue weighted by Gasteiger charge is -2.13. The second kappa shape index (κ2) is 6.36. The molecule has 0 spiro atoms. The SMILES string of the molecule is CCCNCc1ccccc1-n1ccnc1CC. The molecule has 0 amide bonds. The van der Waals surface area contributed by atoms with Crippen LogP contribution in [0.3, 0.4) is 0 Å². The highest BCUT2D eigenvalue weighted by atomic mass is 15.1. The van der Waals surface area contributed by atoms with Crippen LogP contribution in [-0.2, 0) is 13.0 Å². The lowest BCUT2D eigenvalue weighted by atomic mass is 10.1. The molecular formula is C15H21N3. The van der Waals surface area contributed by atoms with E-state index in [4.69, 9.17) is 0 Å². The Hall–Kier alpha value is -1.61. The van der Waals surface area contributed by atoms with Crippen molar-refractivity contribution in [2.24, 2.45) is 0 Å². The third kappa shape index (κ3) is 2.79. The first-order valence-corrected chi connectivity index (χ1v) is 6.68. The van der Waals surface area contributed by atoms with Gasteiger partial charge in [-0.15, -0.1) is 0 Å². The summed E-state index contributed by atoms with van der Waals surface area (Å²) in [6.45, 7) is 6.28. The number of para-hydroxylation sites is 1. The van der Waals surface area contributed by atoms with Crippen molar-refractivity contribution in [2.75, 3.05) is 6.54 Å². The van der Waals surface area contributed by atoms with E-state index < -0.39 is 0 Å². The van der Waals surface area contributed by atoms with Gasteiger partial charge in [0.25, 0.3) is 0 Å². The van der Waals surface area contributed by atoms with Crippen LogP contribution < -0.4 is 5.32 Å². The van der Waals surface area contributed by atoms with E-state index in [1.807, 2.05) is 12.4 Å². The summed E-state index contributed by atoms with van der Waals surface area (Å²) in [4.78, 5) is 4.39. The van der Waals surface area contributed by atoms with Gasteiger partial charge < -0.3 is 9.88 Å². The van der Waals surface area contributed by atoms with E-state index in [2.05, 4.69) is 53.0 Å². The number of aryl methyl sites for hydroxylation is 1. The molecule has 3 heteroatoms. The van der Waals surface area contributed by atoms with E-state index >= 15 is 0 Å². The van der Waals surface area contributed by atoms with Crippen molar-refractivity contribution in [3.8, 4) is 5.69 Å². The second-order valence-corrected chi connectivity index (χ2v) is 4.37. The molecule has 1 aromatic carbocycles. The molecule has 0 unspecified atom stereocenters. The van der Waals surface area contributed by atoms with E-state index in [-0.39, 0.29) is 0 Å². The topological polar surface area (TPSA) is 29.9 Å². The molecular weight excluding hydrogens is 222 g/mol. The fourth-order valence-corrected chi connectivity index (χ4v) is 2.11. The number of aromatic nitrogens is 2. The highest BCUT2D eigenvalue weighted by molar-refractivity contribution is 5.42. The third-order valence-electron chi connectivity index (χ3n) is 3.03. The van der Waals surface area contributed by atoms with Gasteiger partial charge in [-0.05, 0) is 24.6 Å². The summed E-state index contributed by atoms with van der Waals surface area (Å²) in [7, 11) is 0. The van der Waals surface area contributed by atoms with Crippen LogP contribution in [0, 0.1) is 0 Å². The fourth-order valence-electron chi connectivity index (χ4n) is 2.11. The Morgan fingerprint density at radius 3 is 2.83 bits per heavy atom. The molecule has 2 rings (SSSR count). The van der Waals surface area contributed by atoms with E-state index in [0.717, 1.165) is 31.8 Å². The minimum absolute atomic E-state index is 0.908. The van der Waals surface area contributed by atoms with Gasteiger partial charge in [0.1, 0.15) is 5.82 Å². The summed E-state index contributed by atoms with van der Waals surface area (Å²) < 4.78 is 2.18. The molecule has 0 bridgehead atoms. The Bertz CT molecular complexity index is 488. The molecule has 0 aliphatic rings. The van der Waals surface area contributed by atoms with Crippen molar-refractivity contribution in [2.45, 2.75) is 33.2 Å². The number of imidazole rings is 1. The number of nitrogens with one attached hydrogen (secondary N) is 1. The maximum Gasteiger partial charge on any atom is 0.112 e. The normalized spacial score (nSPS) is 10.8. The summed E-state index contributed by atoms with van der Waals surface area (Å²) in [5, 5.41) is 3.46.